The lowest BCUT2D eigenvalue weighted by atomic mass is 10.0. The molecule has 0 radical (unpaired) electrons. The maximum Gasteiger partial charge on any atom is 0.191 e. The van der Waals surface area contributed by atoms with Crippen LogP contribution in [0.2, 0.25) is 0 Å². The van der Waals surface area contributed by atoms with E-state index in [4.69, 9.17) is 18.6 Å². The molecule has 1 aromatic carbocycles. The molecular formula is C21H32IN3O5. The van der Waals surface area contributed by atoms with Gasteiger partial charge in [-0.2, -0.15) is 0 Å². The zero-order valence-electron chi connectivity index (χ0n) is 17.9. The Kier molecular flexibility index (Phi) is 11.4. The largest absolute Gasteiger partial charge is 0.496 e. The number of furan rings is 1. The van der Waals surface area contributed by atoms with Gasteiger partial charge >= 0.3 is 0 Å². The smallest absolute Gasteiger partial charge is 0.191 e. The summed E-state index contributed by atoms with van der Waals surface area (Å²) in [6.07, 6.45) is 2.30. The summed E-state index contributed by atoms with van der Waals surface area (Å²) < 4.78 is 21.5. The monoisotopic (exact) mass is 533 g/mol. The van der Waals surface area contributed by atoms with E-state index in [1.807, 2.05) is 19.1 Å². The SMILES string of the molecule is CCNC(=NCC(C)(O)c1ccco1)NCCCOc1cc(OC)cc(OC)c1.I. The summed E-state index contributed by atoms with van der Waals surface area (Å²) in [5.41, 5.74) is -1.17. The van der Waals surface area contributed by atoms with Crippen molar-refractivity contribution in [3.8, 4) is 17.2 Å². The van der Waals surface area contributed by atoms with Crippen LogP contribution in [-0.4, -0.2) is 51.5 Å². The highest BCUT2D eigenvalue weighted by molar-refractivity contribution is 14.0. The highest BCUT2D eigenvalue weighted by Gasteiger charge is 2.26. The Morgan fingerprint density at radius 3 is 2.37 bits per heavy atom. The molecule has 30 heavy (non-hydrogen) atoms. The van der Waals surface area contributed by atoms with Crippen LogP contribution in [0.15, 0.2) is 46.0 Å². The predicted octanol–water partition coefficient (Wildman–Crippen LogP) is 3.15. The van der Waals surface area contributed by atoms with Crippen molar-refractivity contribution in [1.29, 1.82) is 0 Å². The van der Waals surface area contributed by atoms with Gasteiger partial charge in [0.2, 0.25) is 0 Å². The second-order valence-electron chi connectivity index (χ2n) is 6.62. The number of aliphatic hydroxyl groups is 1. The van der Waals surface area contributed by atoms with E-state index >= 15 is 0 Å². The molecule has 9 heteroatoms. The highest BCUT2D eigenvalue weighted by Crippen LogP contribution is 2.27. The third kappa shape index (κ3) is 8.31. The molecule has 0 fully saturated rings. The molecule has 1 aromatic heterocycles. The summed E-state index contributed by atoms with van der Waals surface area (Å²) >= 11 is 0. The molecule has 8 nitrogen and oxygen atoms in total. The first-order chi connectivity index (χ1) is 14.0. The van der Waals surface area contributed by atoms with E-state index in [2.05, 4.69) is 15.6 Å². The first kappa shape index (κ1) is 25.9. The van der Waals surface area contributed by atoms with Crippen LogP contribution >= 0.6 is 24.0 Å². The van der Waals surface area contributed by atoms with Gasteiger partial charge in [0.25, 0.3) is 0 Å². The summed E-state index contributed by atoms with van der Waals surface area (Å²) in [5, 5.41) is 16.9. The van der Waals surface area contributed by atoms with Crippen LogP contribution in [0.1, 0.15) is 26.0 Å². The fourth-order valence-electron chi connectivity index (χ4n) is 2.57. The number of guanidine groups is 1. The van der Waals surface area contributed by atoms with Crippen LogP contribution < -0.4 is 24.8 Å². The van der Waals surface area contributed by atoms with Crippen LogP contribution in [0.3, 0.4) is 0 Å². The van der Waals surface area contributed by atoms with Gasteiger partial charge in [-0.3, -0.25) is 0 Å². The van der Waals surface area contributed by atoms with Crippen molar-refractivity contribution in [2.24, 2.45) is 4.99 Å². The summed E-state index contributed by atoms with van der Waals surface area (Å²) in [4.78, 5) is 4.45. The molecule has 0 saturated carbocycles. The second kappa shape index (κ2) is 13.2. The Morgan fingerprint density at radius 1 is 1.13 bits per heavy atom. The molecule has 0 aliphatic carbocycles. The van der Waals surface area contributed by atoms with Crippen LogP contribution in [0, 0.1) is 0 Å². The van der Waals surface area contributed by atoms with Crippen LogP contribution in [-0.2, 0) is 5.60 Å². The molecule has 2 aromatic rings. The van der Waals surface area contributed by atoms with E-state index < -0.39 is 5.60 Å². The number of benzene rings is 1. The van der Waals surface area contributed by atoms with Crippen molar-refractivity contribution in [1.82, 2.24) is 10.6 Å². The number of hydrogen-bond acceptors (Lipinski definition) is 6. The van der Waals surface area contributed by atoms with E-state index in [1.165, 1.54) is 6.26 Å². The molecular weight excluding hydrogens is 501 g/mol. The van der Waals surface area contributed by atoms with E-state index in [0.29, 0.717) is 42.1 Å². The molecule has 1 unspecified atom stereocenters. The van der Waals surface area contributed by atoms with Gasteiger partial charge in [0.15, 0.2) is 5.96 Å². The topological polar surface area (TPSA) is 97.5 Å². The van der Waals surface area contributed by atoms with Crippen molar-refractivity contribution in [3.05, 3.63) is 42.4 Å². The number of aliphatic imine (C=N–C) groups is 1. The standard InChI is InChI=1S/C21H31N3O5.HI/c1-5-22-20(24-15-21(2,25)19-8-6-10-29-19)23-9-7-11-28-18-13-16(26-3)12-17(14-18)27-4;/h6,8,10,12-14,25H,5,7,9,11,15H2,1-4H3,(H2,22,23,24);1H. The maximum atomic E-state index is 10.5. The Labute approximate surface area is 195 Å². The number of nitrogens with one attached hydrogen (secondary N) is 2. The Balaban J connectivity index is 0.00000450. The van der Waals surface area contributed by atoms with Crippen molar-refractivity contribution < 1.29 is 23.7 Å². The molecule has 168 valence electrons. The number of hydrogen-bond donors (Lipinski definition) is 3. The zero-order chi connectivity index (χ0) is 21.1. The Morgan fingerprint density at radius 2 is 1.80 bits per heavy atom. The van der Waals surface area contributed by atoms with Crippen molar-refractivity contribution in [2.45, 2.75) is 25.9 Å². The number of halogens is 1. The molecule has 3 N–H and O–H groups in total. The lowest BCUT2D eigenvalue weighted by molar-refractivity contribution is 0.0437. The summed E-state index contributed by atoms with van der Waals surface area (Å²) in [6.45, 7) is 5.74. The quantitative estimate of drug-likeness (QED) is 0.177. The van der Waals surface area contributed by atoms with Crippen molar-refractivity contribution in [2.75, 3.05) is 40.5 Å². The number of ether oxygens (including phenoxy) is 3. The van der Waals surface area contributed by atoms with Crippen LogP contribution in [0.5, 0.6) is 17.2 Å². The molecule has 0 amide bonds. The maximum absolute atomic E-state index is 10.5. The van der Waals surface area contributed by atoms with Gasteiger partial charge in [0.1, 0.15) is 28.6 Å². The van der Waals surface area contributed by atoms with Gasteiger partial charge in [-0.05, 0) is 32.4 Å². The van der Waals surface area contributed by atoms with Crippen LogP contribution in [0.4, 0.5) is 0 Å². The molecule has 0 saturated heterocycles. The van der Waals surface area contributed by atoms with E-state index in [0.717, 1.165) is 13.0 Å². The number of rotatable bonds is 11. The van der Waals surface area contributed by atoms with Gasteiger partial charge in [-0.1, -0.05) is 0 Å². The molecule has 2 rings (SSSR count). The minimum Gasteiger partial charge on any atom is -0.496 e. The second-order valence-corrected chi connectivity index (χ2v) is 6.62. The third-order valence-electron chi connectivity index (χ3n) is 4.15. The van der Waals surface area contributed by atoms with E-state index in [1.54, 1.807) is 39.3 Å². The molecule has 1 atom stereocenters. The molecule has 0 aliphatic rings. The molecule has 1 heterocycles. The van der Waals surface area contributed by atoms with Crippen molar-refractivity contribution in [3.63, 3.8) is 0 Å². The first-order valence-corrected chi connectivity index (χ1v) is 9.63. The van der Waals surface area contributed by atoms with E-state index in [-0.39, 0.29) is 30.5 Å². The summed E-state index contributed by atoms with van der Waals surface area (Å²) in [6, 6.07) is 8.91. The summed E-state index contributed by atoms with van der Waals surface area (Å²) in [7, 11) is 3.21. The predicted molar refractivity (Wildman–Crippen MR) is 127 cm³/mol. The fraction of sp³-hybridized carbons (Fsp3) is 0.476. The number of nitrogens with zero attached hydrogens (tertiary/aromatic N) is 1. The Hall–Kier alpha value is -2.14. The molecule has 0 bridgehead atoms. The van der Waals surface area contributed by atoms with E-state index in [9.17, 15) is 5.11 Å². The zero-order valence-corrected chi connectivity index (χ0v) is 20.3. The average molecular weight is 533 g/mol. The van der Waals surface area contributed by atoms with Gasteiger partial charge in [0.05, 0.1) is 33.6 Å². The normalized spacial score (nSPS) is 13.0. The summed E-state index contributed by atoms with van der Waals surface area (Å²) in [5.74, 6) is 3.17. The molecule has 0 spiro atoms. The third-order valence-corrected chi connectivity index (χ3v) is 4.15. The van der Waals surface area contributed by atoms with Gasteiger partial charge < -0.3 is 34.4 Å². The van der Waals surface area contributed by atoms with Gasteiger partial charge in [-0.15, -0.1) is 24.0 Å². The first-order valence-electron chi connectivity index (χ1n) is 9.63. The van der Waals surface area contributed by atoms with Gasteiger partial charge in [-0.25, -0.2) is 4.99 Å². The molecule has 0 aliphatic heterocycles. The Bertz CT molecular complexity index is 744. The number of methoxy groups -OCH3 is 2. The minimum absolute atomic E-state index is 0. The highest BCUT2D eigenvalue weighted by atomic mass is 127. The van der Waals surface area contributed by atoms with Crippen molar-refractivity contribution >= 4 is 29.9 Å². The average Bonchev–Trinajstić information content (AvgIpc) is 3.27. The van der Waals surface area contributed by atoms with Crippen LogP contribution in [0.25, 0.3) is 0 Å². The lowest BCUT2D eigenvalue weighted by Crippen LogP contribution is -2.39. The van der Waals surface area contributed by atoms with Gasteiger partial charge in [0, 0.05) is 31.3 Å². The lowest BCUT2D eigenvalue weighted by Gasteiger charge is -2.19. The fourth-order valence-corrected chi connectivity index (χ4v) is 2.57. The minimum atomic E-state index is -1.17.